The van der Waals surface area contributed by atoms with Crippen LogP contribution < -0.4 is 5.32 Å². The fraction of sp³-hybridized carbons (Fsp3) is 0.529. The van der Waals surface area contributed by atoms with Crippen molar-refractivity contribution in [3.8, 4) is 5.75 Å². The number of Topliss-reactive ketones (excluding diaryl/α,β-unsaturated/α-hetero) is 1. The van der Waals surface area contributed by atoms with Gasteiger partial charge in [-0.1, -0.05) is 18.6 Å². The van der Waals surface area contributed by atoms with Gasteiger partial charge < -0.3 is 10.4 Å². The zero-order chi connectivity index (χ0) is 14.8. The van der Waals surface area contributed by atoms with Crippen molar-refractivity contribution in [3.05, 3.63) is 29.8 Å². The Balaban J connectivity index is 1.56. The zero-order valence-corrected chi connectivity index (χ0v) is 12.0. The molecule has 3 atom stereocenters. The molecule has 2 aliphatic carbocycles. The predicted molar refractivity (Wildman–Crippen MR) is 78.5 cm³/mol. The van der Waals surface area contributed by atoms with E-state index in [1.165, 1.54) is 0 Å². The van der Waals surface area contributed by atoms with Gasteiger partial charge in [0.2, 0.25) is 5.91 Å². The Labute approximate surface area is 124 Å². The third-order valence-corrected chi connectivity index (χ3v) is 4.82. The van der Waals surface area contributed by atoms with Crippen LogP contribution in [-0.4, -0.2) is 16.8 Å². The highest BCUT2D eigenvalue weighted by atomic mass is 16.3. The Morgan fingerprint density at radius 1 is 1.14 bits per heavy atom. The Bertz CT molecular complexity index is 521. The summed E-state index contributed by atoms with van der Waals surface area (Å²) in [6.45, 7) is 0.471. The third-order valence-electron chi connectivity index (χ3n) is 4.82. The maximum atomic E-state index is 12.3. The fourth-order valence-corrected chi connectivity index (χ4v) is 3.64. The molecule has 3 rings (SSSR count). The third kappa shape index (κ3) is 3.09. The molecule has 4 heteroatoms. The summed E-state index contributed by atoms with van der Waals surface area (Å²) in [4.78, 5) is 24.3. The summed E-state index contributed by atoms with van der Waals surface area (Å²) in [7, 11) is 0. The number of phenols is 1. The summed E-state index contributed by atoms with van der Waals surface area (Å²) in [6, 6.07) is 6.83. The first-order valence-corrected chi connectivity index (χ1v) is 7.73. The van der Waals surface area contributed by atoms with Crippen molar-refractivity contribution in [1.29, 1.82) is 0 Å². The second-order valence-corrected chi connectivity index (χ2v) is 6.28. The van der Waals surface area contributed by atoms with Crippen molar-refractivity contribution in [2.45, 2.75) is 38.6 Å². The number of hydrogen-bond acceptors (Lipinski definition) is 3. The van der Waals surface area contributed by atoms with Crippen LogP contribution >= 0.6 is 0 Å². The molecule has 0 saturated heterocycles. The molecule has 112 valence electrons. The number of amides is 1. The number of carbonyl (C=O) groups is 2. The molecular formula is C17H21NO3. The first-order valence-electron chi connectivity index (χ1n) is 7.73. The van der Waals surface area contributed by atoms with Crippen molar-refractivity contribution in [2.75, 3.05) is 0 Å². The van der Waals surface area contributed by atoms with E-state index >= 15 is 0 Å². The average molecular weight is 287 g/mol. The molecule has 4 nitrogen and oxygen atoms in total. The molecule has 2 fully saturated rings. The summed E-state index contributed by atoms with van der Waals surface area (Å²) in [5, 5.41) is 12.2. The van der Waals surface area contributed by atoms with Crippen LogP contribution in [0, 0.1) is 17.8 Å². The van der Waals surface area contributed by atoms with Crippen LogP contribution in [0.5, 0.6) is 5.75 Å². The topological polar surface area (TPSA) is 66.4 Å². The zero-order valence-electron chi connectivity index (χ0n) is 12.0. The van der Waals surface area contributed by atoms with E-state index in [9.17, 15) is 14.7 Å². The number of carbonyl (C=O) groups excluding carboxylic acids is 2. The second-order valence-electron chi connectivity index (χ2n) is 6.28. The number of phenolic OH excluding ortho intramolecular Hbond substituents is 1. The molecule has 1 aromatic rings. The summed E-state index contributed by atoms with van der Waals surface area (Å²) < 4.78 is 0. The summed E-state index contributed by atoms with van der Waals surface area (Å²) in [6.07, 6.45) is 4.48. The minimum Gasteiger partial charge on any atom is -0.508 e. The standard InChI is InChI=1S/C17H21NO3/c19-15-6-4-11(5-7-15)10-18-17(21)14-8-12-2-1-3-13(9-14)16(12)20/h4-7,12-14,19H,1-3,8-10H2,(H,18,21)/t12-,13+,14?. The predicted octanol–water partition coefficient (Wildman–Crippen LogP) is 2.40. The molecule has 2 N–H and O–H groups in total. The molecule has 21 heavy (non-hydrogen) atoms. The molecule has 1 aromatic carbocycles. The summed E-state index contributed by atoms with van der Waals surface area (Å²) in [5.41, 5.74) is 0.966. The van der Waals surface area contributed by atoms with Gasteiger partial charge >= 0.3 is 0 Å². The normalized spacial score (nSPS) is 28.2. The molecule has 1 unspecified atom stereocenters. The van der Waals surface area contributed by atoms with Crippen LogP contribution in [0.25, 0.3) is 0 Å². The van der Waals surface area contributed by atoms with Gasteiger partial charge in [-0.25, -0.2) is 0 Å². The quantitative estimate of drug-likeness (QED) is 0.897. The lowest BCUT2D eigenvalue weighted by Gasteiger charge is -2.36. The van der Waals surface area contributed by atoms with E-state index in [-0.39, 0.29) is 29.4 Å². The van der Waals surface area contributed by atoms with E-state index in [0.717, 1.165) is 37.7 Å². The SMILES string of the molecule is O=C(NCc1ccc(O)cc1)C1C[C@H]2CCC[C@@H](C1)C2=O. The van der Waals surface area contributed by atoms with Gasteiger partial charge in [0.05, 0.1) is 0 Å². The maximum Gasteiger partial charge on any atom is 0.223 e. The first kappa shape index (κ1) is 14.1. The number of fused-ring (bicyclic) bond motifs is 2. The van der Waals surface area contributed by atoms with E-state index in [1.54, 1.807) is 24.3 Å². The van der Waals surface area contributed by atoms with Crippen LogP contribution in [0.2, 0.25) is 0 Å². The number of nitrogens with one attached hydrogen (secondary N) is 1. The lowest BCUT2D eigenvalue weighted by Crippen LogP contribution is -2.42. The molecule has 0 radical (unpaired) electrons. The van der Waals surface area contributed by atoms with Crippen molar-refractivity contribution in [1.82, 2.24) is 5.32 Å². The number of rotatable bonds is 3. The maximum absolute atomic E-state index is 12.3. The Kier molecular flexibility index (Phi) is 3.95. The van der Waals surface area contributed by atoms with Crippen molar-refractivity contribution < 1.29 is 14.7 Å². The Morgan fingerprint density at radius 2 is 1.76 bits per heavy atom. The number of ketones is 1. The minimum atomic E-state index is -0.0184. The second kappa shape index (κ2) is 5.88. The van der Waals surface area contributed by atoms with Gasteiger partial charge in [-0.15, -0.1) is 0 Å². The van der Waals surface area contributed by atoms with Crippen molar-refractivity contribution >= 4 is 11.7 Å². The van der Waals surface area contributed by atoms with Crippen LogP contribution in [0.15, 0.2) is 24.3 Å². The first-order chi connectivity index (χ1) is 10.1. The number of aromatic hydroxyl groups is 1. The molecule has 1 amide bonds. The van der Waals surface area contributed by atoms with Crippen LogP contribution in [0.1, 0.15) is 37.7 Å². The summed E-state index contributed by atoms with van der Waals surface area (Å²) >= 11 is 0. The van der Waals surface area contributed by atoms with Crippen LogP contribution in [0.3, 0.4) is 0 Å². The van der Waals surface area contributed by atoms with Gasteiger partial charge in [-0.2, -0.15) is 0 Å². The van der Waals surface area contributed by atoms with Gasteiger partial charge in [-0.05, 0) is 43.4 Å². The number of hydrogen-bond donors (Lipinski definition) is 2. The Hall–Kier alpha value is -1.84. The van der Waals surface area contributed by atoms with Crippen molar-refractivity contribution in [3.63, 3.8) is 0 Å². The van der Waals surface area contributed by atoms with E-state index in [0.29, 0.717) is 12.3 Å². The smallest absolute Gasteiger partial charge is 0.223 e. The lowest BCUT2D eigenvalue weighted by molar-refractivity contribution is -0.137. The van der Waals surface area contributed by atoms with Crippen LogP contribution in [0.4, 0.5) is 0 Å². The number of benzene rings is 1. The molecule has 2 bridgehead atoms. The highest BCUT2D eigenvalue weighted by molar-refractivity contribution is 5.88. The van der Waals surface area contributed by atoms with E-state index in [2.05, 4.69) is 5.32 Å². The van der Waals surface area contributed by atoms with Gasteiger partial charge in [0.15, 0.2) is 0 Å². The van der Waals surface area contributed by atoms with E-state index < -0.39 is 0 Å². The van der Waals surface area contributed by atoms with Crippen LogP contribution in [-0.2, 0) is 16.1 Å². The van der Waals surface area contributed by atoms with Gasteiger partial charge in [0.1, 0.15) is 11.5 Å². The molecular weight excluding hydrogens is 266 g/mol. The molecule has 2 saturated carbocycles. The lowest BCUT2D eigenvalue weighted by atomic mass is 9.67. The molecule has 0 aliphatic heterocycles. The van der Waals surface area contributed by atoms with Gasteiger partial charge in [0.25, 0.3) is 0 Å². The average Bonchev–Trinajstić information content (AvgIpc) is 2.46. The highest BCUT2D eigenvalue weighted by Gasteiger charge is 2.41. The van der Waals surface area contributed by atoms with E-state index in [4.69, 9.17) is 0 Å². The van der Waals surface area contributed by atoms with Gasteiger partial charge in [-0.3, -0.25) is 9.59 Å². The molecule has 2 aliphatic rings. The molecule has 0 heterocycles. The highest BCUT2D eigenvalue weighted by Crippen LogP contribution is 2.40. The fourth-order valence-electron chi connectivity index (χ4n) is 3.64. The Morgan fingerprint density at radius 3 is 2.38 bits per heavy atom. The van der Waals surface area contributed by atoms with E-state index in [1.807, 2.05) is 0 Å². The summed E-state index contributed by atoms with van der Waals surface area (Å²) in [5.74, 6) is 0.888. The minimum absolute atomic E-state index is 0.0184. The van der Waals surface area contributed by atoms with Gasteiger partial charge in [0, 0.05) is 24.3 Å². The van der Waals surface area contributed by atoms with Crippen molar-refractivity contribution in [2.24, 2.45) is 17.8 Å². The largest absolute Gasteiger partial charge is 0.508 e. The monoisotopic (exact) mass is 287 g/mol. The molecule has 0 aromatic heterocycles. The molecule has 0 spiro atoms.